The van der Waals surface area contributed by atoms with Gasteiger partial charge in [0.15, 0.2) is 0 Å². The van der Waals surface area contributed by atoms with Crippen LogP contribution in [0.15, 0.2) is 18.2 Å². The third kappa shape index (κ3) is 5.21. The first-order valence-corrected chi connectivity index (χ1v) is 10.4. The molecule has 1 unspecified atom stereocenters. The lowest BCUT2D eigenvalue weighted by molar-refractivity contribution is -0.143. The molecule has 2 heterocycles. The Morgan fingerprint density at radius 1 is 1.21 bits per heavy atom. The van der Waals surface area contributed by atoms with Crippen LogP contribution in [0.4, 0.5) is 0 Å². The van der Waals surface area contributed by atoms with Crippen LogP contribution in [0.5, 0.6) is 5.75 Å². The van der Waals surface area contributed by atoms with E-state index < -0.39 is 0 Å². The van der Waals surface area contributed by atoms with E-state index in [1.165, 1.54) is 14.2 Å². The second-order valence-corrected chi connectivity index (χ2v) is 7.91. The van der Waals surface area contributed by atoms with Gasteiger partial charge in [0, 0.05) is 50.5 Å². The summed E-state index contributed by atoms with van der Waals surface area (Å²) in [6.45, 7) is 2.48. The lowest BCUT2D eigenvalue weighted by Gasteiger charge is -2.44. The van der Waals surface area contributed by atoms with Gasteiger partial charge in [-0.05, 0) is 43.9 Å². The standard InChI is InChI=1S/C21H29ClN2O5/c1-27-14-20(25)24(16-7-10-29-11-8-16)17-4-3-9-23(13-17)21(26)18-12-15(22)5-6-19(18)28-2/h5-6,12,16-17H,3-4,7-11,13-14H2,1-2H3. The Bertz CT molecular complexity index is 723. The quantitative estimate of drug-likeness (QED) is 0.702. The van der Waals surface area contributed by atoms with Crippen LogP contribution in [0.25, 0.3) is 0 Å². The number of amides is 2. The number of piperidine rings is 1. The summed E-state index contributed by atoms with van der Waals surface area (Å²) in [7, 11) is 3.07. The fourth-order valence-electron chi connectivity index (χ4n) is 4.25. The summed E-state index contributed by atoms with van der Waals surface area (Å²) in [4.78, 5) is 29.8. The number of halogens is 1. The topological polar surface area (TPSA) is 68.3 Å². The summed E-state index contributed by atoms with van der Waals surface area (Å²) in [6.07, 6.45) is 3.31. The van der Waals surface area contributed by atoms with Gasteiger partial charge in [0.05, 0.1) is 12.7 Å². The number of nitrogens with zero attached hydrogens (tertiary/aromatic N) is 2. The molecule has 0 bridgehead atoms. The van der Waals surface area contributed by atoms with Crippen molar-refractivity contribution in [3.8, 4) is 5.75 Å². The zero-order valence-corrected chi connectivity index (χ0v) is 17.8. The third-order valence-electron chi connectivity index (χ3n) is 5.61. The first kappa shape index (κ1) is 21.9. The van der Waals surface area contributed by atoms with Crippen molar-refractivity contribution < 1.29 is 23.8 Å². The highest BCUT2D eigenvalue weighted by atomic mass is 35.5. The molecule has 29 heavy (non-hydrogen) atoms. The molecular formula is C21H29ClN2O5. The molecule has 2 aliphatic heterocycles. The molecule has 3 rings (SSSR count). The predicted octanol–water partition coefficient (Wildman–Crippen LogP) is 2.61. The molecule has 0 aromatic heterocycles. The fraction of sp³-hybridized carbons (Fsp3) is 0.619. The summed E-state index contributed by atoms with van der Waals surface area (Å²) in [5, 5.41) is 0.488. The van der Waals surface area contributed by atoms with Crippen molar-refractivity contribution in [2.75, 3.05) is 47.1 Å². The van der Waals surface area contributed by atoms with Crippen molar-refractivity contribution in [2.45, 2.75) is 37.8 Å². The fourth-order valence-corrected chi connectivity index (χ4v) is 4.42. The SMILES string of the molecule is COCC(=O)N(C1CCOCC1)C1CCCN(C(=O)c2cc(Cl)ccc2OC)C1. The van der Waals surface area contributed by atoms with E-state index in [0.717, 1.165) is 25.7 Å². The Balaban J connectivity index is 1.79. The first-order chi connectivity index (χ1) is 14.0. The van der Waals surface area contributed by atoms with Crippen molar-refractivity contribution >= 4 is 23.4 Å². The Kier molecular flexibility index (Phi) is 7.75. The minimum Gasteiger partial charge on any atom is -0.496 e. The highest BCUT2D eigenvalue weighted by Crippen LogP contribution is 2.28. The number of carbonyl (C=O) groups is 2. The lowest BCUT2D eigenvalue weighted by Crippen LogP contribution is -2.56. The zero-order valence-electron chi connectivity index (χ0n) is 17.1. The average Bonchev–Trinajstić information content (AvgIpc) is 2.74. The molecule has 2 fully saturated rings. The van der Waals surface area contributed by atoms with Crippen LogP contribution in [0.1, 0.15) is 36.0 Å². The van der Waals surface area contributed by atoms with Gasteiger partial charge in [-0.2, -0.15) is 0 Å². The monoisotopic (exact) mass is 424 g/mol. The number of ether oxygens (including phenoxy) is 3. The molecule has 160 valence electrons. The maximum Gasteiger partial charge on any atom is 0.257 e. The van der Waals surface area contributed by atoms with E-state index in [4.69, 9.17) is 25.8 Å². The molecule has 0 radical (unpaired) electrons. The van der Waals surface area contributed by atoms with Gasteiger partial charge in [-0.3, -0.25) is 9.59 Å². The summed E-state index contributed by atoms with van der Waals surface area (Å²) in [5.74, 6) is 0.345. The number of benzene rings is 1. The minimum atomic E-state index is -0.125. The summed E-state index contributed by atoms with van der Waals surface area (Å²) >= 11 is 6.11. The number of carbonyl (C=O) groups excluding carboxylic acids is 2. The minimum absolute atomic E-state index is 0.0287. The molecule has 7 nitrogen and oxygen atoms in total. The molecular weight excluding hydrogens is 396 g/mol. The van der Waals surface area contributed by atoms with E-state index in [-0.39, 0.29) is 30.5 Å². The Morgan fingerprint density at radius 2 is 1.97 bits per heavy atom. The van der Waals surface area contributed by atoms with Crippen LogP contribution in [0, 0.1) is 0 Å². The molecule has 0 aliphatic carbocycles. The molecule has 2 amide bonds. The van der Waals surface area contributed by atoms with E-state index in [1.807, 2.05) is 4.90 Å². The van der Waals surface area contributed by atoms with Gasteiger partial charge in [0.1, 0.15) is 12.4 Å². The van der Waals surface area contributed by atoms with Gasteiger partial charge in [0.25, 0.3) is 5.91 Å². The summed E-state index contributed by atoms with van der Waals surface area (Å²) in [5.41, 5.74) is 0.446. The normalized spacial score (nSPS) is 20.4. The van der Waals surface area contributed by atoms with E-state index >= 15 is 0 Å². The van der Waals surface area contributed by atoms with E-state index in [1.54, 1.807) is 23.1 Å². The van der Waals surface area contributed by atoms with Crippen molar-refractivity contribution in [2.24, 2.45) is 0 Å². The largest absolute Gasteiger partial charge is 0.496 e. The average molecular weight is 425 g/mol. The van der Waals surface area contributed by atoms with Crippen LogP contribution >= 0.6 is 11.6 Å². The second-order valence-electron chi connectivity index (χ2n) is 7.47. The van der Waals surface area contributed by atoms with Crippen LogP contribution in [0.3, 0.4) is 0 Å². The molecule has 1 aromatic rings. The van der Waals surface area contributed by atoms with Crippen molar-refractivity contribution in [3.05, 3.63) is 28.8 Å². The van der Waals surface area contributed by atoms with Crippen molar-refractivity contribution in [1.82, 2.24) is 9.80 Å². The molecule has 8 heteroatoms. The number of hydrogen-bond acceptors (Lipinski definition) is 5. The molecule has 1 atom stereocenters. The summed E-state index contributed by atoms with van der Waals surface area (Å²) in [6, 6.07) is 5.12. The van der Waals surface area contributed by atoms with Crippen molar-refractivity contribution in [1.29, 1.82) is 0 Å². The van der Waals surface area contributed by atoms with Gasteiger partial charge < -0.3 is 24.0 Å². The van der Waals surface area contributed by atoms with Crippen molar-refractivity contribution in [3.63, 3.8) is 0 Å². The Hall–Kier alpha value is -1.83. The third-order valence-corrected chi connectivity index (χ3v) is 5.84. The van der Waals surface area contributed by atoms with Gasteiger partial charge >= 0.3 is 0 Å². The smallest absolute Gasteiger partial charge is 0.257 e. The van der Waals surface area contributed by atoms with E-state index in [9.17, 15) is 9.59 Å². The van der Waals surface area contributed by atoms with Crippen LogP contribution in [0.2, 0.25) is 5.02 Å². The van der Waals surface area contributed by atoms with Gasteiger partial charge in [-0.15, -0.1) is 0 Å². The number of hydrogen-bond donors (Lipinski definition) is 0. The van der Waals surface area contributed by atoms with Crippen LogP contribution < -0.4 is 4.74 Å². The maximum absolute atomic E-state index is 13.2. The van der Waals surface area contributed by atoms with E-state index in [0.29, 0.717) is 42.6 Å². The second kappa shape index (κ2) is 10.3. The molecule has 2 aliphatic rings. The number of likely N-dealkylation sites (tertiary alicyclic amines) is 1. The van der Waals surface area contributed by atoms with Gasteiger partial charge in [-0.1, -0.05) is 11.6 Å². The van der Waals surface area contributed by atoms with Crippen LogP contribution in [-0.4, -0.2) is 80.8 Å². The molecule has 1 aromatic carbocycles. The highest BCUT2D eigenvalue weighted by Gasteiger charge is 2.36. The lowest BCUT2D eigenvalue weighted by atomic mass is 9.97. The number of methoxy groups -OCH3 is 2. The zero-order chi connectivity index (χ0) is 20.8. The van der Waals surface area contributed by atoms with E-state index in [2.05, 4.69) is 0 Å². The highest BCUT2D eigenvalue weighted by molar-refractivity contribution is 6.31. The summed E-state index contributed by atoms with van der Waals surface area (Å²) < 4.78 is 15.9. The molecule has 0 saturated carbocycles. The molecule has 2 saturated heterocycles. The molecule has 0 N–H and O–H groups in total. The number of rotatable bonds is 6. The van der Waals surface area contributed by atoms with Gasteiger partial charge in [-0.25, -0.2) is 0 Å². The Morgan fingerprint density at radius 3 is 2.66 bits per heavy atom. The van der Waals surface area contributed by atoms with Gasteiger partial charge in [0.2, 0.25) is 5.91 Å². The molecule has 0 spiro atoms. The van der Waals surface area contributed by atoms with Crippen LogP contribution in [-0.2, 0) is 14.3 Å². The Labute approximate surface area is 176 Å². The first-order valence-electron chi connectivity index (χ1n) is 10.1. The maximum atomic E-state index is 13.2. The predicted molar refractivity (Wildman–Crippen MR) is 109 cm³/mol.